The fraction of sp³-hybridized carbons (Fsp3) is 0.231. The molecule has 0 fully saturated rings. The summed E-state index contributed by atoms with van der Waals surface area (Å²) in [5, 5.41) is 39.2. The Kier molecular flexibility index (Phi) is 4.81. The van der Waals surface area contributed by atoms with E-state index in [0.29, 0.717) is 22.7 Å². The van der Waals surface area contributed by atoms with Crippen LogP contribution in [0, 0.1) is 0 Å². The van der Waals surface area contributed by atoms with Crippen LogP contribution in [-0.4, -0.2) is 52.1 Å². The summed E-state index contributed by atoms with van der Waals surface area (Å²) in [6.07, 6.45) is 0. The molecular formula is C13H8B2F6O4S2. The van der Waals surface area contributed by atoms with Gasteiger partial charge in [0.2, 0.25) is 0 Å². The van der Waals surface area contributed by atoms with Crippen LogP contribution in [0.25, 0.3) is 11.1 Å². The van der Waals surface area contributed by atoms with E-state index >= 15 is 0 Å². The zero-order valence-corrected chi connectivity index (χ0v) is 14.5. The van der Waals surface area contributed by atoms with Crippen molar-refractivity contribution in [2.24, 2.45) is 0 Å². The van der Waals surface area contributed by atoms with Crippen molar-refractivity contribution in [2.75, 3.05) is 0 Å². The molecular weight excluding hydrogens is 420 g/mol. The number of allylic oxidation sites excluding steroid dienone is 2. The van der Waals surface area contributed by atoms with Gasteiger partial charge in [-0.1, -0.05) is 12.1 Å². The van der Waals surface area contributed by atoms with Crippen LogP contribution >= 0.6 is 22.7 Å². The van der Waals surface area contributed by atoms with Gasteiger partial charge in [0.05, 0.1) is 11.1 Å². The largest absolute Gasteiger partial charge is 0.489 e. The van der Waals surface area contributed by atoms with Gasteiger partial charge in [-0.15, -0.1) is 22.7 Å². The Morgan fingerprint density at radius 2 is 1.00 bits per heavy atom. The van der Waals surface area contributed by atoms with Crippen LogP contribution in [0.15, 0.2) is 22.9 Å². The molecule has 0 bridgehead atoms. The second-order valence-electron chi connectivity index (χ2n) is 5.63. The summed E-state index contributed by atoms with van der Waals surface area (Å²) in [7, 11) is -4.74. The summed E-state index contributed by atoms with van der Waals surface area (Å²) in [5.74, 6) is -16.5. The van der Waals surface area contributed by atoms with Crippen molar-refractivity contribution < 1.29 is 46.4 Å². The minimum absolute atomic E-state index is 0.349. The normalized spacial score (nSPS) is 20.2. The van der Waals surface area contributed by atoms with Crippen molar-refractivity contribution in [3.63, 3.8) is 0 Å². The summed E-state index contributed by atoms with van der Waals surface area (Å²) in [6, 6.07) is 1.85. The van der Waals surface area contributed by atoms with Gasteiger partial charge in [0, 0.05) is 20.7 Å². The van der Waals surface area contributed by atoms with E-state index in [1.807, 2.05) is 0 Å². The standard InChI is InChI=1S/C13H8B2F6O4S2/c16-11(17)7(9-5(14(22)23)1-3-26-9)8(12(18,19)13(11,20)21)10-6(15(24)25)2-4-27-10/h1-4,22-25H. The minimum atomic E-state index is -5.83. The van der Waals surface area contributed by atoms with Crippen molar-refractivity contribution in [1.82, 2.24) is 0 Å². The first kappa shape index (κ1) is 20.4. The van der Waals surface area contributed by atoms with E-state index in [4.69, 9.17) is 0 Å². The third-order valence-electron chi connectivity index (χ3n) is 4.07. The van der Waals surface area contributed by atoms with Crippen LogP contribution in [0.5, 0.6) is 0 Å². The van der Waals surface area contributed by atoms with Gasteiger partial charge in [-0.25, -0.2) is 0 Å². The maximum atomic E-state index is 14.5. The first-order chi connectivity index (χ1) is 12.4. The average molecular weight is 428 g/mol. The van der Waals surface area contributed by atoms with E-state index in [1.54, 1.807) is 0 Å². The van der Waals surface area contributed by atoms with Crippen molar-refractivity contribution in [2.45, 2.75) is 17.8 Å². The highest BCUT2D eigenvalue weighted by atomic mass is 32.1. The van der Waals surface area contributed by atoms with Gasteiger partial charge >= 0.3 is 32.0 Å². The Morgan fingerprint density at radius 3 is 1.30 bits per heavy atom. The van der Waals surface area contributed by atoms with Crippen LogP contribution in [0.1, 0.15) is 9.75 Å². The Labute approximate surface area is 156 Å². The summed E-state index contributed by atoms with van der Waals surface area (Å²) in [4.78, 5) is -1.71. The van der Waals surface area contributed by atoms with Crippen LogP contribution in [0.3, 0.4) is 0 Å². The Hall–Kier alpha value is -1.31. The summed E-state index contributed by atoms with van der Waals surface area (Å²) >= 11 is 0.699. The van der Waals surface area contributed by atoms with Gasteiger partial charge in [-0.3, -0.25) is 0 Å². The van der Waals surface area contributed by atoms with Gasteiger partial charge in [0.1, 0.15) is 0 Å². The lowest BCUT2D eigenvalue weighted by Gasteiger charge is -2.25. The molecule has 0 aliphatic heterocycles. The SMILES string of the molecule is OB(O)c1ccsc1C1=C(c2sccc2B(O)O)C(F)(F)C(F)(F)C1(F)F. The number of halogens is 6. The molecule has 2 aromatic rings. The monoisotopic (exact) mass is 428 g/mol. The molecule has 0 radical (unpaired) electrons. The first-order valence-electron chi connectivity index (χ1n) is 7.12. The number of rotatable bonds is 4. The molecule has 0 atom stereocenters. The highest BCUT2D eigenvalue weighted by Gasteiger charge is 2.80. The number of hydrogen-bond donors (Lipinski definition) is 4. The van der Waals surface area contributed by atoms with E-state index in [1.165, 1.54) is 0 Å². The molecule has 14 heteroatoms. The molecule has 0 saturated carbocycles. The van der Waals surface area contributed by atoms with Crippen LogP contribution in [-0.2, 0) is 0 Å². The maximum Gasteiger partial charge on any atom is 0.489 e. The molecule has 1 aliphatic carbocycles. The fourth-order valence-electron chi connectivity index (χ4n) is 2.79. The van der Waals surface area contributed by atoms with Gasteiger partial charge in [0.25, 0.3) is 0 Å². The van der Waals surface area contributed by atoms with Gasteiger partial charge in [0.15, 0.2) is 0 Å². The fourth-order valence-corrected chi connectivity index (χ4v) is 4.81. The predicted molar refractivity (Wildman–Crippen MR) is 89.9 cm³/mol. The molecule has 0 aromatic carbocycles. The molecule has 144 valence electrons. The van der Waals surface area contributed by atoms with E-state index < -0.39 is 63.8 Å². The number of alkyl halides is 6. The van der Waals surface area contributed by atoms with Crippen LogP contribution < -0.4 is 10.9 Å². The molecule has 2 heterocycles. The molecule has 0 amide bonds. The molecule has 0 unspecified atom stereocenters. The predicted octanol–water partition coefficient (Wildman–Crippen LogP) is 0.999. The van der Waals surface area contributed by atoms with Crippen molar-refractivity contribution in [3.05, 3.63) is 32.6 Å². The first-order valence-corrected chi connectivity index (χ1v) is 8.88. The quantitative estimate of drug-likeness (QED) is 0.433. The third-order valence-corrected chi connectivity index (χ3v) is 5.96. The second-order valence-corrected chi connectivity index (χ2v) is 7.46. The lowest BCUT2D eigenvalue weighted by Crippen LogP contribution is -2.49. The summed E-state index contributed by atoms with van der Waals surface area (Å²) in [5.41, 5.74) is -4.86. The van der Waals surface area contributed by atoms with E-state index in [2.05, 4.69) is 0 Å². The molecule has 4 N–H and O–H groups in total. The highest BCUT2D eigenvalue weighted by molar-refractivity contribution is 7.14. The average Bonchev–Trinajstić information content (AvgIpc) is 3.21. The maximum absolute atomic E-state index is 14.5. The molecule has 1 aliphatic rings. The molecule has 0 spiro atoms. The molecule has 2 aromatic heterocycles. The van der Waals surface area contributed by atoms with Gasteiger partial charge in [-0.05, 0) is 10.8 Å². The molecule has 27 heavy (non-hydrogen) atoms. The van der Waals surface area contributed by atoms with Crippen molar-refractivity contribution >= 4 is 59.0 Å². The Balaban J connectivity index is 2.44. The zero-order valence-electron chi connectivity index (χ0n) is 12.8. The lowest BCUT2D eigenvalue weighted by atomic mass is 9.77. The van der Waals surface area contributed by atoms with Gasteiger partial charge < -0.3 is 20.1 Å². The Bertz CT molecular complexity index is 838. The van der Waals surface area contributed by atoms with E-state index in [-0.39, 0.29) is 0 Å². The lowest BCUT2D eigenvalue weighted by molar-refractivity contribution is -0.254. The topological polar surface area (TPSA) is 80.9 Å². The summed E-state index contributed by atoms with van der Waals surface area (Å²) in [6.45, 7) is 0. The molecule has 3 rings (SSSR count). The smallest absolute Gasteiger partial charge is 0.423 e. The van der Waals surface area contributed by atoms with Crippen molar-refractivity contribution in [3.8, 4) is 0 Å². The molecule has 0 saturated heterocycles. The zero-order chi connectivity index (χ0) is 20.4. The third kappa shape index (κ3) is 2.69. The van der Waals surface area contributed by atoms with Crippen LogP contribution in [0.2, 0.25) is 0 Å². The van der Waals surface area contributed by atoms with Crippen molar-refractivity contribution in [1.29, 1.82) is 0 Å². The minimum Gasteiger partial charge on any atom is -0.423 e. The Morgan fingerprint density at radius 1 is 0.667 bits per heavy atom. The molecule has 4 nitrogen and oxygen atoms in total. The number of thiophene rings is 2. The highest BCUT2D eigenvalue weighted by Crippen LogP contribution is 2.65. The number of hydrogen-bond acceptors (Lipinski definition) is 6. The summed E-state index contributed by atoms with van der Waals surface area (Å²) < 4.78 is 86.1. The van der Waals surface area contributed by atoms with Gasteiger partial charge in [-0.2, -0.15) is 26.3 Å². The van der Waals surface area contributed by atoms with E-state index in [9.17, 15) is 46.4 Å². The van der Waals surface area contributed by atoms with E-state index in [0.717, 1.165) is 22.9 Å². The second kappa shape index (κ2) is 6.36. The van der Waals surface area contributed by atoms with Crippen LogP contribution in [0.4, 0.5) is 26.3 Å².